The van der Waals surface area contributed by atoms with Crippen LogP contribution < -0.4 is 4.74 Å². The van der Waals surface area contributed by atoms with Gasteiger partial charge < -0.3 is 4.74 Å². The number of para-hydroxylation sites is 1. The second-order valence-electron chi connectivity index (χ2n) is 4.64. The van der Waals surface area contributed by atoms with Crippen molar-refractivity contribution in [1.82, 2.24) is 9.78 Å². The highest BCUT2D eigenvalue weighted by Gasteiger charge is 2.22. The number of benzene rings is 1. The van der Waals surface area contributed by atoms with Crippen LogP contribution in [0.25, 0.3) is 0 Å². The van der Waals surface area contributed by atoms with Gasteiger partial charge in [0.2, 0.25) is 5.78 Å². The second-order valence-corrected chi connectivity index (χ2v) is 5.49. The van der Waals surface area contributed by atoms with Crippen molar-refractivity contribution in [2.75, 3.05) is 6.61 Å². The van der Waals surface area contributed by atoms with Gasteiger partial charge in [0.25, 0.3) is 0 Å². The predicted octanol–water partition coefficient (Wildman–Crippen LogP) is 3.86. The van der Waals surface area contributed by atoms with E-state index in [0.29, 0.717) is 28.1 Å². The average molecular weight is 337 g/mol. The summed E-state index contributed by atoms with van der Waals surface area (Å²) in [7, 11) is 0. The molecule has 20 heavy (non-hydrogen) atoms. The van der Waals surface area contributed by atoms with Crippen LogP contribution in [0, 0.1) is 0 Å². The average Bonchev–Trinajstić information content (AvgIpc) is 2.81. The van der Waals surface area contributed by atoms with Crippen molar-refractivity contribution in [3.05, 3.63) is 46.2 Å². The SMILES string of the molecule is CCOc1ccccc1C(=O)c1c(Br)cnn1C(C)C. The fraction of sp³-hybridized carbons (Fsp3) is 0.333. The Bertz CT molecular complexity index is 620. The lowest BCUT2D eigenvalue weighted by Gasteiger charge is -2.13. The van der Waals surface area contributed by atoms with Gasteiger partial charge >= 0.3 is 0 Å². The maximum absolute atomic E-state index is 12.8. The van der Waals surface area contributed by atoms with E-state index in [9.17, 15) is 4.79 Å². The van der Waals surface area contributed by atoms with Gasteiger partial charge in [-0.1, -0.05) is 12.1 Å². The molecule has 1 aromatic heterocycles. The lowest BCUT2D eigenvalue weighted by atomic mass is 10.1. The van der Waals surface area contributed by atoms with Gasteiger partial charge in [0.05, 0.1) is 22.8 Å². The number of aromatic nitrogens is 2. The molecule has 0 radical (unpaired) electrons. The summed E-state index contributed by atoms with van der Waals surface area (Å²) in [6.07, 6.45) is 1.65. The minimum absolute atomic E-state index is 0.0906. The Hall–Kier alpha value is -1.62. The lowest BCUT2D eigenvalue weighted by Crippen LogP contribution is -2.15. The predicted molar refractivity (Wildman–Crippen MR) is 81.4 cm³/mol. The lowest BCUT2D eigenvalue weighted by molar-refractivity contribution is 0.102. The molecule has 5 heteroatoms. The van der Waals surface area contributed by atoms with Crippen molar-refractivity contribution < 1.29 is 9.53 Å². The van der Waals surface area contributed by atoms with Gasteiger partial charge in [0.15, 0.2) is 0 Å². The molecule has 1 heterocycles. The summed E-state index contributed by atoms with van der Waals surface area (Å²) in [6, 6.07) is 7.38. The first-order valence-corrected chi connectivity index (χ1v) is 7.35. The van der Waals surface area contributed by atoms with Gasteiger partial charge in [-0.05, 0) is 48.8 Å². The first-order valence-electron chi connectivity index (χ1n) is 6.55. The molecule has 0 amide bonds. The zero-order chi connectivity index (χ0) is 14.7. The van der Waals surface area contributed by atoms with Gasteiger partial charge in [0, 0.05) is 6.04 Å². The van der Waals surface area contributed by atoms with Gasteiger partial charge in [-0.15, -0.1) is 0 Å². The van der Waals surface area contributed by atoms with E-state index in [0.717, 1.165) is 0 Å². The van der Waals surface area contributed by atoms with Crippen LogP contribution in [0.2, 0.25) is 0 Å². The van der Waals surface area contributed by atoms with Crippen molar-refractivity contribution in [2.24, 2.45) is 0 Å². The molecule has 2 rings (SSSR count). The maximum Gasteiger partial charge on any atom is 0.215 e. The highest BCUT2D eigenvalue weighted by atomic mass is 79.9. The van der Waals surface area contributed by atoms with Crippen LogP contribution in [0.1, 0.15) is 42.9 Å². The van der Waals surface area contributed by atoms with E-state index in [1.54, 1.807) is 23.0 Å². The van der Waals surface area contributed by atoms with Crippen LogP contribution in [0.4, 0.5) is 0 Å². The minimum Gasteiger partial charge on any atom is -0.493 e. The van der Waals surface area contributed by atoms with Crippen LogP contribution in [-0.2, 0) is 0 Å². The van der Waals surface area contributed by atoms with E-state index in [1.165, 1.54) is 0 Å². The monoisotopic (exact) mass is 336 g/mol. The summed E-state index contributed by atoms with van der Waals surface area (Å²) in [6.45, 7) is 6.40. The van der Waals surface area contributed by atoms with Crippen molar-refractivity contribution in [3.63, 3.8) is 0 Å². The highest BCUT2D eigenvalue weighted by Crippen LogP contribution is 2.27. The Labute approximate surface area is 126 Å². The number of halogens is 1. The van der Waals surface area contributed by atoms with Crippen molar-refractivity contribution in [1.29, 1.82) is 0 Å². The summed E-state index contributed by atoms with van der Waals surface area (Å²) >= 11 is 3.40. The number of carbonyl (C=O) groups excluding carboxylic acids is 1. The van der Waals surface area contributed by atoms with Crippen molar-refractivity contribution in [2.45, 2.75) is 26.8 Å². The smallest absolute Gasteiger partial charge is 0.215 e. The van der Waals surface area contributed by atoms with E-state index in [1.807, 2.05) is 32.9 Å². The number of carbonyl (C=O) groups is 1. The number of ketones is 1. The topological polar surface area (TPSA) is 44.1 Å². The first-order chi connectivity index (χ1) is 9.56. The molecule has 0 aliphatic carbocycles. The van der Waals surface area contributed by atoms with Crippen LogP contribution in [0.3, 0.4) is 0 Å². The van der Waals surface area contributed by atoms with E-state index < -0.39 is 0 Å². The molecule has 0 atom stereocenters. The van der Waals surface area contributed by atoms with Crippen LogP contribution in [-0.4, -0.2) is 22.2 Å². The van der Waals surface area contributed by atoms with E-state index in [2.05, 4.69) is 21.0 Å². The third-order valence-electron chi connectivity index (χ3n) is 2.89. The Balaban J connectivity index is 2.49. The normalized spacial score (nSPS) is 10.8. The van der Waals surface area contributed by atoms with Crippen LogP contribution in [0.15, 0.2) is 34.9 Å². The van der Waals surface area contributed by atoms with Gasteiger partial charge in [-0.2, -0.15) is 5.10 Å². The molecule has 0 saturated carbocycles. The Morgan fingerprint density at radius 2 is 2.10 bits per heavy atom. The Morgan fingerprint density at radius 3 is 2.75 bits per heavy atom. The summed E-state index contributed by atoms with van der Waals surface area (Å²) in [5.41, 5.74) is 1.10. The quantitative estimate of drug-likeness (QED) is 0.779. The fourth-order valence-electron chi connectivity index (χ4n) is 2.01. The molecule has 0 unspecified atom stereocenters. The fourth-order valence-corrected chi connectivity index (χ4v) is 2.46. The molecule has 0 aliphatic rings. The van der Waals surface area contributed by atoms with Crippen LogP contribution >= 0.6 is 15.9 Å². The van der Waals surface area contributed by atoms with E-state index >= 15 is 0 Å². The molecule has 0 bridgehead atoms. The third-order valence-corrected chi connectivity index (χ3v) is 3.47. The van der Waals surface area contributed by atoms with Gasteiger partial charge in [0.1, 0.15) is 11.4 Å². The zero-order valence-electron chi connectivity index (χ0n) is 11.8. The summed E-state index contributed by atoms with van der Waals surface area (Å²) in [4.78, 5) is 12.8. The first kappa shape index (κ1) is 14.8. The number of hydrogen-bond donors (Lipinski definition) is 0. The number of hydrogen-bond acceptors (Lipinski definition) is 3. The molecular formula is C15H17BrN2O2. The summed E-state index contributed by atoms with van der Waals surface area (Å²) < 4.78 is 7.94. The van der Waals surface area contributed by atoms with Crippen LogP contribution in [0.5, 0.6) is 5.75 Å². The minimum atomic E-state index is -0.0906. The molecule has 2 aromatic rings. The zero-order valence-corrected chi connectivity index (χ0v) is 13.3. The van der Waals surface area contributed by atoms with E-state index in [-0.39, 0.29) is 11.8 Å². The van der Waals surface area contributed by atoms with E-state index in [4.69, 9.17) is 4.74 Å². The molecule has 1 aromatic carbocycles. The van der Waals surface area contributed by atoms with Gasteiger partial charge in [-0.3, -0.25) is 9.48 Å². The highest BCUT2D eigenvalue weighted by molar-refractivity contribution is 9.10. The third kappa shape index (κ3) is 2.77. The van der Waals surface area contributed by atoms with Crippen molar-refractivity contribution >= 4 is 21.7 Å². The Kier molecular flexibility index (Phi) is 4.60. The summed E-state index contributed by atoms with van der Waals surface area (Å²) in [5, 5.41) is 4.25. The summed E-state index contributed by atoms with van der Waals surface area (Å²) in [5.74, 6) is 0.510. The standard InChI is InChI=1S/C15H17BrN2O2/c1-4-20-13-8-6-5-7-11(13)15(19)14-12(16)9-17-18(14)10(2)3/h5-10H,4H2,1-3H3. The molecule has 0 aliphatic heterocycles. The number of ether oxygens (including phenoxy) is 1. The molecule has 0 spiro atoms. The molecule has 0 saturated heterocycles. The molecule has 0 N–H and O–H groups in total. The molecular weight excluding hydrogens is 320 g/mol. The maximum atomic E-state index is 12.8. The molecule has 106 valence electrons. The largest absolute Gasteiger partial charge is 0.493 e. The molecule has 0 fully saturated rings. The number of nitrogens with zero attached hydrogens (tertiary/aromatic N) is 2. The van der Waals surface area contributed by atoms with Gasteiger partial charge in [-0.25, -0.2) is 0 Å². The van der Waals surface area contributed by atoms with Crippen molar-refractivity contribution in [3.8, 4) is 5.75 Å². The number of rotatable bonds is 5. The Morgan fingerprint density at radius 1 is 1.40 bits per heavy atom. The molecule has 4 nitrogen and oxygen atoms in total. The second kappa shape index (κ2) is 6.22.